The van der Waals surface area contributed by atoms with Crippen molar-refractivity contribution < 1.29 is 48.4 Å². The second kappa shape index (κ2) is 29.6. The number of carbonyl (C=O) groups is 5. The molecule has 7 unspecified atom stereocenters. The van der Waals surface area contributed by atoms with E-state index in [1.165, 1.54) is 13.8 Å². The lowest BCUT2D eigenvalue weighted by atomic mass is 9.79. The molecule has 1 fully saturated rings. The van der Waals surface area contributed by atoms with Crippen molar-refractivity contribution in [2.24, 2.45) is 29.6 Å². The maximum Gasteiger partial charge on any atom is 0.316 e. The van der Waals surface area contributed by atoms with Crippen LogP contribution in [-0.2, 0) is 38.2 Å². The van der Waals surface area contributed by atoms with Crippen molar-refractivity contribution in [2.75, 3.05) is 40.9 Å². The van der Waals surface area contributed by atoms with Crippen LogP contribution in [0.5, 0.6) is 0 Å². The summed E-state index contributed by atoms with van der Waals surface area (Å²) in [6.07, 6.45) is 4.13. The number of rotatable bonds is 19. The van der Waals surface area contributed by atoms with Gasteiger partial charge < -0.3 is 39.4 Å². The average Bonchev–Trinajstić information content (AvgIpc) is 3.04. The highest BCUT2D eigenvalue weighted by molar-refractivity contribution is 5.99. The third-order valence-corrected chi connectivity index (χ3v) is 7.78. The van der Waals surface area contributed by atoms with Gasteiger partial charge >= 0.3 is 5.97 Å². The van der Waals surface area contributed by atoms with Crippen molar-refractivity contribution in [1.82, 2.24) is 10.2 Å². The number of hydrogen-bond acceptors (Lipinski definition) is 12. The molecule has 3 N–H and O–H groups in total. The molecule has 1 aliphatic rings. The summed E-state index contributed by atoms with van der Waals surface area (Å²) in [5, 5.41) is 22.6. The standard InChI is InChI=1S/C21H34O8.C8H17NO2.C4H9N.C2H6/c1-6-7-13(2)19(25)15(4)17(8-9-22)18(24)11-29-21(27)16(5)20(26)14(3)10-28-12-23;1-6-4-7(9(2)3)5-8(10)11-6;1-3-4-5-2;1-2/h9,12-18,24H,6-8,10-11H2,1-5H3;6-8,10H,4-5H2,1-3H3;3,5H,1,4H2,2H3;1-2H3/t13-,14-,15?,16?,17?,18?;;;/m1.../s1. The van der Waals surface area contributed by atoms with Crippen LogP contribution in [0, 0.1) is 29.6 Å². The maximum absolute atomic E-state index is 12.5. The molecule has 0 aromatic carbocycles. The molecule has 1 rings (SSSR count). The van der Waals surface area contributed by atoms with Gasteiger partial charge in [-0.05, 0) is 47.8 Å². The Morgan fingerprint density at radius 1 is 1.04 bits per heavy atom. The van der Waals surface area contributed by atoms with Gasteiger partial charge in [0.25, 0.3) is 6.47 Å². The molecular formula is C35H66N2O10. The Balaban J connectivity index is -0.000000871. The molecular weight excluding hydrogens is 608 g/mol. The molecule has 0 bridgehead atoms. The summed E-state index contributed by atoms with van der Waals surface area (Å²) >= 11 is 0. The first-order valence-electron chi connectivity index (χ1n) is 16.8. The lowest BCUT2D eigenvalue weighted by molar-refractivity contribution is -0.172. The molecule has 47 heavy (non-hydrogen) atoms. The van der Waals surface area contributed by atoms with Crippen LogP contribution < -0.4 is 5.32 Å². The fraction of sp³-hybridized carbons (Fsp3) is 0.800. The van der Waals surface area contributed by atoms with Gasteiger partial charge in [-0.2, -0.15) is 0 Å². The van der Waals surface area contributed by atoms with Gasteiger partial charge in [0.2, 0.25) is 0 Å². The molecule has 1 heterocycles. The highest BCUT2D eigenvalue weighted by Crippen LogP contribution is 2.25. The molecule has 9 atom stereocenters. The van der Waals surface area contributed by atoms with Crippen LogP contribution in [-0.4, -0.2) is 111 Å². The average molecular weight is 675 g/mol. The Bertz CT molecular complexity index is 859. The van der Waals surface area contributed by atoms with Crippen LogP contribution in [0.2, 0.25) is 0 Å². The minimum absolute atomic E-state index is 0.0426. The molecule has 1 saturated heterocycles. The summed E-state index contributed by atoms with van der Waals surface area (Å²) in [5.74, 6) is -4.53. The minimum Gasteiger partial charge on any atom is -0.467 e. The fourth-order valence-electron chi connectivity index (χ4n) is 4.92. The number of ether oxygens (including phenoxy) is 3. The number of ketones is 2. The van der Waals surface area contributed by atoms with Crippen molar-refractivity contribution in [3.63, 3.8) is 0 Å². The molecule has 0 aliphatic carbocycles. The number of likely N-dealkylation sites (N-methyl/N-ethyl adjacent to an activating group) is 1. The van der Waals surface area contributed by atoms with Gasteiger partial charge in [-0.1, -0.05) is 54.0 Å². The largest absolute Gasteiger partial charge is 0.467 e. The third kappa shape index (κ3) is 21.9. The number of aldehydes is 1. The van der Waals surface area contributed by atoms with Gasteiger partial charge in [0.05, 0.1) is 12.2 Å². The van der Waals surface area contributed by atoms with Crippen LogP contribution in [0.15, 0.2) is 12.7 Å². The molecule has 0 saturated carbocycles. The Morgan fingerprint density at radius 2 is 1.64 bits per heavy atom. The van der Waals surface area contributed by atoms with Gasteiger partial charge in [-0.3, -0.25) is 19.2 Å². The first kappa shape index (κ1) is 48.9. The van der Waals surface area contributed by atoms with E-state index in [1.54, 1.807) is 6.92 Å². The second-order valence-electron chi connectivity index (χ2n) is 11.9. The topological polar surface area (TPSA) is 169 Å². The molecule has 0 radical (unpaired) electrons. The van der Waals surface area contributed by atoms with Gasteiger partial charge in [0.15, 0.2) is 12.1 Å². The highest BCUT2D eigenvalue weighted by Gasteiger charge is 2.34. The van der Waals surface area contributed by atoms with E-state index in [2.05, 4.69) is 21.5 Å². The van der Waals surface area contributed by atoms with Crippen LogP contribution in [0.25, 0.3) is 0 Å². The zero-order valence-electron chi connectivity index (χ0n) is 30.9. The van der Waals surface area contributed by atoms with Crippen LogP contribution >= 0.6 is 0 Å². The molecule has 0 spiro atoms. The van der Waals surface area contributed by atoms with Crippen molar-refractivity contribution in [3.8, 4) is 0 Å². The van der Waals surface area contributed by atoms with Crippen LogP contribution in [0.4, 0.5) is 0 Å². The molecule has 12 nitrogen and oxygen atoms in total. The summed E-state index contributed by atoms with van der Waals surface area (Å²) < 4.78 is 14.8. The van der Waals surface area contributed by atoms with E-state index < -0.39 is 54.4 Å². The quantitative estimate of drug-likeness (QED) is 0.0789. The van der Waals surface area contributed by atoms with Gasteiger partial charge in [0.1, 0.15) is 31.2 Å². The SMILES string of the molecule is C=CCNC.CC.CC1CC(N(C)C)CC(O)O1.CCC[C@@H](C)C(=O)C(C)C(CC=O)C(O)COC(=O)C(C)C(=O)[C@H](C)COC=O. The minimum atomic E-state index is -1.21. The summed E-state index contributed by atoms with van der Waals surface area (Å²) in [6.45, 7) is 18.4. The van der Waals surface area contributed by atoms with Gasteiger partial charge in [-0.15, -0.1) is 6.58 Å². The number of Topliss-reactive ketones (excluding diaryl/α,β-unsaturated/α-hetero) is 2. The maximum atomic E-state index is 12.5. The normalized spacial score (nSPS) is 20.8. The third-order valence-electron chi connectivity index (χ3n) is 7.78. The number of esters is 1. The van der Waals surface area contributed by atoms with Crippen molar-refractivity contribution in [3.05, 3.63) is 12.7 Å². The van der Waals surface area contributed by atoms with Gasteiger partial charge in [-0.25, -0.2) is 0 Å². The molecule has 0 aromatic heterocycles. The fourth-order valence-corrected chi connectivity index (χ4v) is 4.92. The smallest absolute Gasteiger partial charge is 0.316 e. The van der Waals surface area contributed by atoms with E-state index in [0.29, 0.717) is 18.7 Å². The van der Waals surface area contributed by atoms with Crippen LogP contribution in [0.1, 0.15) is 87.5 Å². The highest BCUT2D eigenvalue weighted by atomic mass is 16.6. The van der Waals surface area contributed by atoms with E-state index in [0.717, 1.165) is 25.8 Å². The van der Waals surface area contributed by atoms with E-state index in [-0.39, 0.29) is 37.3 Å². The lowest BCUT2D eigenvalue weighted by Gasteiger charge is -2.34. The number of carbonyl (C=O) groups excluding carboxylic acids is 5. The zero-order valence-corrected chi connectivity index (χ0v) is 30.9. The molecule has 1 aliphatic heterocycles. The number of aliphatic hydroxyl groups excluding tert-OH is 2. The Hall–Kier alpha value is -2.51. The Labute approximate surface area is 284 Å². The predicted octanol–water partition coefficient (Wildman–Crippen LogP) is 3.60. The molecule has 276 valence electrons. The molecule has 0 aromatic rings. The van der Waals surface area contributed by atoms with Crippen molar-refractivity contribution in [1.29, 1.82) is 0 Å². The first-order valence-corrected chi connectivity index (χ1v) is 16.8. The summed E-state index contributed by atoms with van der Waals surface area (Å²) in [4.78, 5) is 60.2. The van der Waals surface area contributed by atoms with E-state index >= 15 is 0 Å². The van der Waals surface area contributed by atoms with E-state index in [1.807, 2.05) is 61.8 Å². The number of hydrogen-bond donors (Lipinski definition) is 3. The van der Waals surface area contributed by atoms with Crippen LogP contribution in [0.3, 0.4) is 0 Å². The van der Waals surface area contributed by atoms with Crippen molar-refractivity contribution in [2.45, 2.75) is 112 Å². The zero-order chi connectivity index (χ0) is 37.1. The Kier molecular flexibility index (Phi) is 30.8. The summed E-state index contributed by atoms with van der Waals surface area (Å²) in [5.41, 5.74) is 0. The lowest BCUT2D eigenvalue weighted by Crippen LogP contribution is -2.41. The first-order chi connectivity index (χ1) is 22.1. The van der Waals surface area contributed by atoms with Crippen molar-refractivity contribution >= 4 is 30.3 Å². The van der Waals surface area contributed by atoms with E-state index in [4.69, 9.17) is 9.47 Å². The number of nitrogens with zero attached hydrogens (tertiary/aromatic N) is 1. The second-order valence-corrected chi connectivity index (χ2v) is 11.9. The monoisotopic (exact) mass is 674 g/mol. The predicted molar refractivity (Wildman–Crippen MR) is 183 cm³/mol. The summed E-state index contributed by atoms with van der Waals surface area (Å²) in [7, 11) is 5.96. The number of nitrogens with one attached hydrogen (secondary N) is 1. The number of aliphatic hydroxyl groups is 2. The van der Waals surface area contributed by atoms with Gasteiger partial charge in [0, 0.05) is 49.1 Å². The Morgan fingerprint density at radius 3 is 2.06 bits per heavy atom. The molecule has 12 heteroatoms. The molecule has 0 amide bonds. The summed E-state index contributed by atoms with van der Waals surface area (Å²) in [6, 6.07) is 0.466. The van der Waals surface area contributed by atoms with E-state index in [9.17, 15) is 34.2 Å².